The van der Waals surface area contributed by atoms with Crippen molar-refractivity contribution < 1.29 is 9.53 Å². The van der Waals surface area contributed by atoms with Gasteiger partial charge >= 0.3 is 5.97 Å². The van der Waals surface area contributed by atoms with E-state index in [2.05, 4.69) is 4.74 Å². The van der Waals surface area contributed by atoms with Crippen LogP contribution in [0.5, 0.6) is 0 Å². The molecule has 0 aromatic heterocycles. The minimum absolute atomic E-state index is 0.264. The first kappa shape index (κ1) is 13.5. The average Bonchev–Trinajstić information content (AvgIpc) is 2.92. The molecule has 2 nitrogen and oxygen atoms in total. The third-order valence-electron chi connectivity index (χ3n) is 3.47. The van der Waals surface area contributed by atoms with Crippen LogP contribution in [-0.4, -0.2) is 18.8 Å². The lowest BCUT2D eigenvalue weighted by atomic mass is 10.1. The molecule has 98 valence electrons. The highest BCUT2D eigenvalue weighted by Crippen LogP contribution is 2.29. The summed E-state index contributed by atoms with van der Waals surface area (Å²) in [5.74, 6) is 2.99. The number of ether oxygens (including phenoxy) is 1. The lowest BCUT2D eigenvalue weighted by Crippen LogP contribution is -2.01. The predicted molar refractivity (Wildman–Crippen MR) is 75.9 cm³/mol. The van der Waals surface area contributed by atoms with Crippen molar-refractivity contribution in [1.29, 1.82) is 0 Å². The van der Waals surface area contributed by atoms with Gasteiger partial charge in [0.05, 0.1) is 12.7 Å². The van der Waals surface area contributed by atoms with E-state index in [1.165, 1.54) is 44.1 Å². The molecule has 1 aromatic rings. The molecule has 0 bridgehead atoms. The van der Waals surface area contributed by atoms with Gasteiger partial charge in [0.25, 0.3) is 0 Å². The second kappa shape index (κ2) is 6.83. The van der Waals surface area contributed by atoms with Crippen molar-refractivity contribution in [3.63, 3.8) is 0 Å². The topological polar surface area (TPSA) is 26.3 Å². The summed E-state index contributed by atoms with van der Waals surface area (Å²) in [7, 11) is 1.41. The number of carbonyl (C=O) groups is 1. The molecule has 1 aliphatic rings. The normalized spacial score (nSPS) is 15.8. The fourth-order valence-electron chi connectivity index (χ4n) is 2.38. The molecule has 0 aliphatic heterocycles. The molecular weight excluding hydrogens is 244 g/mol. The number of methoxy groups -OCH3 is 1. The summed E-state index contributed by atoms with van der Waals surface area (Å²) in [5, 5.41) is 0. The van der Waals surface area contributed by atoms with Gasteiger partial charge in [-0.05, 0) is 42.2 Å². The maximum Gasteiger partial charge on any atom is 0.337 e. The summed E-state index contributed by atoms with van der Waals surface area (Å²) in [6, 6.07) is 7.73. The fraction of sp³-hybridized carbons (Fsp3) is 0.533. The van der Waals surface area contributed by atoms with E-state index in [0.717, 1.165) is 11.7 Å². The lowest BCUT2D eigenvalue weighted by molar-refractivity contribution is 0.0601. The number of thioether (sulfide) groups is 1. The second-order valence-electron chi connectivity index (χ2n) is 4.85. The summed E-state index contributed by atoms with van der Waals surface area (Å²) in [4.78, 5) is 11.3. The number of esters is 1. The zero-order chi connectivity index (χ0) is 12.8. The molecule has 1 saturated carbocycles. The van der Waals surface area contributed by atoms with E-state index in [1.807, 2.05) is 36.0 Å². The number of carbonyl (C=O) groups excluding carboxylic acids is 1. The highest BCUT2D eigenvalue weighted by molar-refractivity contribution is 7.98. The van der Waals surface area contributed by atoms with Crippen molar-refractivity contribution in [3.8, 4) is 0 Å². The first-order chi connectivity index (χ1) is 8.79. The van der Waals surface area contributed by atoms with Gasteiger partial charge in [-0.2, -0.15) is 11.8 Å². The summed E-state index contributed by atoms with van der Waals surface area (Å²) in [6.07, 6.45) is 5.65. The Hall–Kier alpha value is -0.960. The Morgan fingerprint density at radius 1 is 1.28 bits per heavy atom. The third kappa shape index (κ3) is 3.77. The van der Waals surface area contributed by atoms with Crippen molar-refractivity contribution in [3.05, 3.63) is 35.4 Å². The molecule has 0 radical (unpaired) electrons. The number of hydrogen-bond acceptors (Lipinski definition) is 3. The molecule has 1 aliphatic carbocycles. The van der Waals surface area contributed by atoms with E-state index in [0.29, 0.717) is 5.56 Å². The van der Waals surface area contributed by atoms with Crippen LogP contribution in [0, 0.1) is 5.92 Å². The Morgan fingerprint density at radius 3 is 2.56 bits per heavy atom. The van der Waals surface area contributed by atoms with Crippen LogP contribution in [0.1, 0.15) is 41.6 Å². The van der Waals surface area contributed by atoms with Gasteiger partial charge in [-0.3, -0.25) is 0 Å². The molecule has 0 heterocycles. The average molecular weight is 264 g/mol. The Morgan fingerprint density at radius 2 is 1.94 bits per heavy atom. The van der Waals surface area contributed by atoms with Crippen LogP contribution >= 0.6 is 11.8 Å². The van der Waals surface area contributed by atoms with Crippen molar-refractivity contribution >= 4 is 17.7 Å². The summed E-state index contributed by atoms with van der Waals surface area (Å²) in [6.45, 7) is 0. The van der Waals surface area contributed by atoms with Gasteiger partial charge in [0.2, 0.25) is 0 Å². The highest BCUT2D eigenvalue weighted by atomic mass is 32.2. The largest absolute Gasteiger partial charge is 0.465 e. The molecule has 3 heteroatoms. The van der Waals surface area contributed by atoms with E-state index in [1.54, 1.807) is 0 Å². The van der Waals surface area contributed by atoms with Gasteiger partial charge in [-0.15, -0.1) is 0 Å². The molecule has 0 unspecified atom stereocenters. The van der Waals surface area contributed by atoms with E-state index in [9.17, 15) is 4.79 Å². The van der Waals surface area contributed by atoms with Crippen LogP contribution in [0.2, 0.25) is 0 Å². The van der Waals surface area contributed by atoms with Crippen LogP contribution in [0.25, 0.3) is 0 Å². The van der Waals surface area contributed by atoms with Crippen LogP contribution in [-0.2, 0) is 10.5 Å². The zero-order valence-corrected chi connectivity index (χ0v) is 11.7. The first-order valence-electron chi connectivity index (χ1n) is 6.54. The van der Waals surface area contributed by atoms with Crippen LogP contribution < -0.4 is 0 Å². The Labute approximate surface area is 113 Å². The maximum atomic E-state index is 11.3. The first-order valence-corrected chi connectivity index (χ1v) is 7.70. The van der Waals surface area contributed by atoms with Crippen molar-refractivity contribution in [2.75, 3.05) is 12.9 Å². The van der Waals surface area contributed by atoms with Gasteiger partial charge in [0.15, 0.2) is 0 Å². The zero-order valence-electron chi connectivity index (χ0n) is 10.9. The van der Waals surface area contributed by atoms with E-state index >= 15 is 0 Å². The number of rotatable bonds is 5. The molecule has 0 atom stereocenters. The standard InChI is InChI=1S/C15H20O2S/c1-17-15(16)14-8-6-13(7-9-14)11-18-10-12-4-2-3-5-12/h6-9,12H,2-5,10-11H2,1H3. The molecule has 0 N–H and O–H groups in total. The van der Waals surface area contributed by atoms with Gasteiger partial charge in [0.1, 0.15) is 0 Å². The molecule has 1 fully saturated rings. The lowest BCUT2D eigenvalue weighted by Gasteiger charge is -2.08. The third-order valence-corrected chi connectivity index (χ3v) is 4.72. The highest BCUT2D eigenvalue weighted by Gasteiger charge is 2.14. The molecule has 1 aromatic carbocycles. The Balaban J connectivity index is 1.77. The summed E-state index contributed by atoms with van der Waals surface area (Å²) in [5.41, 5.74) is 1.91. The number of hydrogen-bond donors (Lipinski definition) is 0. The van der Waals surface area contributed by atoms with Crippen molar-refractivity contribution in [2.45, 2.75) is 31.4 Å². The Kier molecular flexibility index (Phi) is 5.12. The molecule has 2 rings (SSSR count). The monoisotopic (exact) mass is 264 g/mol. The molecular formula is C15H20O2S. The van der Waals surface area contributed by atoms with Crippen molar-refractivity contribution in [2.24, 2.45) is 5.92 Å². The van der Waals surface area contributed by atoms with Gasteiger partial charge in [-0.1, -0.05) is 25.0 Å². The van der Waals surface area contributed by atoms with E-state index in [4.69, 9.17) is 0 Å². The minimum atomic E-state index is -0.264. The molecule has 0 saturated heterocycles. The quantitative estimate of drug-likeness (QED) is 0.755. The molecule has 0 amide bonds. The summed E-state index contributed by atoms with van der Waals surface area (Å²) >= 11 is 2.01. The minimum Gasteiger partial charge on any atom is -0.465 e. The predicted octanol–water partition coefficient (Wildman–Crippen LogP) is 3.90. The molecule has 0 spiro atoms. The Bertz CT molecular complexity index is 380. The second-order valence-corrected chi connectivity index (χ2v) is 5.88. The smallest absolute Gasteiger partial charge is 0.337 e. The maximum absolute atomic E-state index is 11.3. The van der Waals surface area contributed by atoms with Crippen LogP contribution in [0.3, 0.4) is 0 Å². The number of benzene rings is 1. The fourth-order valence-corrected chi connectivity index (χ4v) is 3.59. The van der Waals surface area contributed by atoms with E-state index < -0.39 is 0 Å². The van der Waals surface area contributed by atoms with Crippen LogP contribution in [0.15, 0.2) is 24.3 Å². The van der Waals surface area contributed by atoms with Crippen LogP contribution in [0.4, 0.5) is 0 Å². The SMILES string of the molecule is COC(=O)c1ccc(CSCC2CCCC2)cc1. The van der Waals surface area contributed by atoms with Gasteiger partial charge in [-0.25, -0.2) is 4.79 Å². The van der Waals surface area contributed by atoms with Gasteiger partial charge in [0, 0.05) is 5.75 Å². The molecule has 18 heavy (non-hydrogen) atoms. The summed E-state index contributed by atoms with van der Waals surface area (Å²) < 4.78 is 4.68. The van der Waals surface area contributed by atoms with Crippen molar-refractivity contribution in [1.82, 2.24) is 0 Å². The van der Waals surface area contributed by atoms with Gasteiger partial charge < -0.3 is 4.74 Å². The van der Waals surface area contributed by atoms with E-state index in [-0.39, 0.29) is 5.97 Å².